The molecule has 0 unspecified atom stereocenters. The molecule has 0 radical (unpaired) electrons. The van der Waals surface area contributed by atoms with E-state index in [-0.39, 0.29) is 11.3 Å². The van der Waals surface area contributed by atoms with E-state index in [9.17, 15) is 9.18 Å². The highest BCUT2D eigenvalue weighted by atomic mass is 19.1. The van der Waals surface area contributed by atoms with Gasteiger partial charge in [-0.05, 0) is 50.8 Å². The van der Waals surface area contributed by atoms with E-state index < -0.39 is 17.4 Å². The average molecular weight is 238 g/mol. The van der Waals surface area contributed by atoms with E-state index in [0.29, 0.717) is 12.0 Å². The summed E-state index contributed by atoms with van der Waals surface area (Å²) in [5.41, 5.74) is 0.344. The molecule has 1 aromatic rings. The molecule has 2 rings (SSSR count). The van der Waals surface area contributed by atoms with Crippen LogP contribution in [0.5, 0.6) is 5.75 Å². The molecule has 0 saturated carbocycles. The van der Waals surface area contributed by atoms with E-state index in [1.807, 2.05) is 13.8 Å². The van der Waals surface area contributed by atoms with Crippen LogP contribution in [0.4, 0.5) is 4.39 Å². The molecule has 1 N–H and O–H groups in total. The highest BCUT2D eigenvalue weighted by Gasteiger charge is 2.32. The Morgan fingerprint density at radius 2 is 2.18 bits per heavy atom. The van der Waals surface area contributed by atoms with Crippen LogP contribution in [0.1, 0.15) is 41.8 Å². The van der Waals surface area contributed by atoms with Gasteiger partial charge >= 0.3 is 5.97 Å². The number of aryl methyl sites for hydroxylation is 2. The molecule has 1 heterocycles. The van der Waals surface area contributed by atoms with Crippen molar-refractivity contribution in [2.75, 3.05) is 0 Å². The molecule has 0 atom stereocenters. The summed E-state index contributed by atoms with van der Waals surface area (Å²) in [7, 11) is 0. The first kappa shape index (κ1) is 11.9. The van der Waals surface area contributed by atoms with Crippen molar-refractivity contribution < 1.29 is 19.0 Å². The first-order valence-corrected chi connectivity index (χ1v) is 5.56. The molecule has 17 heavy (non-hydrogen) atoms. The van der Waals surface area contributed by atoms with Crippen LogP contribution in [0.3, 0.4) is 0 Å². The van der Waals surface area contributed by atoms with Gasteiger partial charge in [-0.3, -0.25) is 0 Å². The zero-order chi connectivity index (χ0) is 12.8. The lowest BCUT2D eigenvalue weighted by Gasteiger charge is -2.33. The van der Waals surface area contributed by atoms with Gasteiger partial charge in [-0.15, -0.1) is 0 Å². The third-order valence-electron chi connectivity index (χ3n) is 3.06. The van der Waals surface area contributed by atoms with Crippen LogP contribution >= 0.6 is 0 Å². The van der Waals surface area contributed by atoms with Crippen molar-refractivity contribution in [3.8, 4) is 5.75 Å². The summed E-state index contributed by atoms with van der Waals surface area (Å²) in [6.07, 6.45) is 1.51. The zero-order valence-corrected chi connectivity index (χ0v) is 10.1. The molecule has 1 aromatic carbocycles. The fourth-order valence-corrected chi connectivity index (χ4v) is 2.10. The van der Waals surface area contributed by atoms with Gasteiger partial charge in [0.1, 0.15) is 22.7 Å². The van der Waals surface area contributed by atoms with Crippen molar-refractivity contribution in [3.63, 3.8) is 0 Å². The summed E-state index contributed by atoms with van der Waals surface area (Å²) in [4.78, 5) is 11.1. The topological polar surface area (TPSA) is 46.5 Å². The van der Waals surface area contributed by atoms with Gasteiger partial charge in [0.25, 0.3) is 0 Å². The lowest BCUT2D eigenvalue weighted by atomic mass is 9.91. The molecular weight excluding hydrogens is 223 g/mol. The predicted octanol–water partition coefficient (Wildman–Crippen LogP) is 2.94. The van der Waals surface area contributed by atoms with Gasteiger partial charge in [0, 0.05) is 0 Å². The van der Waals surface area contributed by atoms with Crippen LogP contribution < -0.4 is 4.74 Å². The fourth-order valence-electron chi connectivity index (χ4n) is 2.10. The van der Waals surface area contributed by atoms with Crippen molar-refractivity contribution in [2.24, 2.45) is 0 Å². The molecule has 1 aliphatic rings. The summed E-state index contributed by atoms with van der Waals surface area (Å²) in [6.45, 7) is 5.32. The second kappa shape index (κ2) is 3.72. The lowest BCUT2D eigenvalue weighted by molar-refractivity contribution is 0.0635. The van der Waals surface area contributed by atoms with Gasteiger partial charge in [0.15, 0.2) is 0 Å². The quantitative estimate of drug-likeness (QED) is 0.818. The summed E-state index contributed by atoms with van der Waals surface area (Å²) in [5.74, 6) is -1.79. The number of fused-ring (bicyclic) bond motifs is 1. The minimum absolute atomic E-state index is 0.192. The predicted molar refractivity (Wildman–Crippen MR) is 61.1 cm³/mol. The first-order chi connectivity index (χ1) is 7.82. The van der Waals surface area contributed by atoms with Gasteiger partial charge in [-0.1, -0.05) is 0 Å². The molecule has 0 aromatic heterocycles. The molecule has 92 valence electrons. The Bertz CT molecular complexity index is 492. The summed E-state index contributed by atoms with van der Waals surface area (Å²) >= 11 is 0. The molecule has 0 saturated heterocycles. The zero-order valence-electron chi connectivity index (χ0n) is 10.1. The Kier molecular flexibility index (Phi) is 2.60. The number of carboxylic acid groups (broad SMARTS) is 1. The fraction of sp³-hybridized carbons (Fsp3) is 0.462. The largest absolute Gasteiger partial charge is 0.487 e. The van der Waals surface area contributed by atoms with Gasteiger partial charge in [0.05, 0.1) is 0 Å². The maximum absolute atomic E-state index is 13.8. The Balaban J connectivity index is 2.66. The number of carbonyl (C=O) groups is 1. The number of halogens is 1. The number of aromatic carboxylic acids is 1. The van der Waals surface area contributed by atoms with Gasteiger partial charge in [-0.25, -0.2) is 9.18 Å². The number of hydrogen-bond donors (Lipinski definition) is 1. The third-order valence-corrected chi connectivity index (χ3v) is 3.06. The van der Waals surface area contributed by atoms with Crippen molar-refractivity contribution >= 4 is 5.97 Å². The van der Waals surface area contributed by atoms with Crippen LogP contribution in [-0.4, -0.2) is 16.7 Å². The second-order valence-corrected chi connectivity index (χ2v) is 5.04. The van der Waals surface area contributed by atoms with E-state index in [4.69, 9.17) is 9.84 Å². The van der Waals surface area contributed by atoms with E-state index in [0.717, 1.165) is 12.0 Å². The molecule has 3 nitrogen and oxygen atoms in total. The van der Waals surface area contributed by atoms with Crippen LogP contribution in [-0.2, 0) is 6.42 Å². The number of rotatable bonds is 1. The third kappa shape index (κ3) is 1.99. The van der Waals surface area contributed by atoms with Crippen molar-refractivity contribution in [3.05, 3.63) is 28.6 Å². The lowest BCUT2D eigenvalue weighted by Crippen LogP contribution is -2.34. The number of hydrogen-bond acceptors (Lipinski definition) is 2. The number of benzene rings is 1. The van der Waals surface area contributed by atoms with Crippen molar-refractivity contribution in [1.82, 2.24) is 0 Å². The van der Waals surface area contributed by atoms with E-state index in [2.05, 4.69) is 0 Å². The maximum Gasteiger partial charge on any atom is 0.342 e. The minimum Gasteiger partial charge on any atom is -0.487 e. The Hall–Kier alpha value is -1.58. The molecule has 0 amide bonds. The van der Waals surface area contributed by atoms with Crippen LogP contribution in [0.2, 0.25) is 0 Å². The van der Waals surface area contributed by atoms with Gasteiger partial charge < -0.3 is 9.84 Å². The number of carboxylic acids is 1. The first-order valence-electron chi connectivity index (χ1n) is 5.56. The second-order valence-electron chi connectivity index (χ2n) is 5.04. The SMILES string of the molecule is Cc1cc2c(c(C(=O)O)c1F)OC(C)(C)CC2. The monoisotopic (exact) mass is 238 g/mol. The van der Waals surface area contributed by atoms with Crippen molar-refractivity contribution in [1.29, 1.82) is 0 Å². The molecular formula is C13H15FO3. The molecule has 0 aliphatic carbocycles. The summed E-state index contributed by atoms with van der Waals surface area (Å²) in [6, 6.07) is 1.67. The molecule has 0 fully saturated rings. The maximum atomic E-state index is 13.8. The highest BCUT2D eigenvalue weighted by molar-refractivity contribution is 5.92. The summed E-state index contributed by atoms with van der Waals surface area (Å²) in [5, 5.41) is 9.10. The van der Waals surface area contributed by atoms with E-state index in [1.54, 1.807) is 13.0 Å². The Morgan fingerprint density at radius 1 is 1.53 bits per heavy atom. The van der Waals surface area contributed by atoms with Gasteiger partial charge in [0.2, 0.25) is 0 Å². The van der Waals surface area contributed by atoms with Crippen LogP contribution in [0, 0.1) is 12.7 Å². The minimum atomic E-state index is -1.28. The molecule has 0 spiro atoms. The van der Waals surface area contributed by atoms with Crippen LogP contribution in [0.25, 0.3) is 0 Å². The highest BCUT2D eigenvalue weighted by Crippen LogP contribution is 2.38. The van der Waals surface area contributed by atoms with E-state index in [1.165, 1.54) is 0 Å². The molecule has 1 aliphatic heterocycles. The molecule has 0 bridgehead atoms. The Morgan fingerprint density at radius 3 is 2.76 bits per heavy atom. The average Bonchev–Trinajstić information content (AvgIpc) is 2.19. The standard InChI is InChI=1S/C13H15FO3/c1-7-6-8-4-5-13(2,3)17-11(8)9(10(7)14)12(15)16/h6H,4-5H2,1-3H3,(H,15,16). The smallest absolute Gasteiger partial charge is 0.342 e. The van der Waals surface area contributed by atoms with Crippen molar-refractivity contribution in [2.45, 2.75) is 39.2 Å². The summed E-state index contributed by atoms with van der Waals surface area (Å²) < 4.78 is 19.5. The van der Waals surface area contributed by atoms with Gasteiger partial charge in [-0.2, -0.15) is 0 Å². The Labute approximate surface area is 99.2 Å². The number of ether oxygens (including phenoxy) is 1. The molecule has 4 heteroatoms. The normalized spacial score (nSPS) is 17.2. The van der Waals surface area contributed by atoms with Crippen LogP contribution in [0.15, 0.2) is 6.07 Å². The van der Waals surface area contributed by atoms with E-state index >= 15 is 0 Å².